The summed E-state index contributed by atoms with van der Waals surface area (Å²) < 4.78 is 33.1. The Balaban J connectivity index is 0.00000171. The van der Waals surface area contributed by atoms with Gasteiger partial charge in [-0.25, -0.2) is 13.8 Å². The van der Waals surface area contributed by atoms with Gasteiger partial charge in [0.1, 0.15) is 11.6 Å². The largest absolute Gasteiger partial charge is 0.441 e. The zero-order chi connectivity index (χ0) is 20.2. The summed E-state index contributed by atoms with van der Waals surface area (Å²) in [6.07, 6.45) is 1.99. The first-order valence-electron chi connectivity index (χ1n) is 9.57. The van der Waals surface area contributed by atoms with E-state index in [9.17, 15) is 13.6 Å². The van der Waals surface area contributed by atoms with Crippen molar-refractivity contribution in [2.45, 2.75) is 18.9 Å². The molecule has 1 unspecified atom stereocenters. The van der Waals surface area contributed by atoms with Crippen molar-refractivity contribution in [3.05, 3.63) is 77.8 Å². The Morgan fingerprint density at radius 2 is 1.97 bits per heavy atom. The van der Waals surface area contributed by atoms with Crippen molar-refractivity contribution in [2.75, 3.05) is 19.6 Å². The maximum Gasteiger partial charge on any atom is 0.223 e. The van der Waals surface area contributed by atoms with Crippen LogP contribution >= 0.6 is 24.8 Å². The molecule has 3 aromatic rings. The van der Waals surface area contributed by atoms with Crippen molar-refractivity contribution in [2.24, 2.45) is 0 Å². The van der Waals surface area contributed by atoms with Gasteiger partial charge in [0.2, 0.25) is 5.91 Å². The average Bonchev–Trinajstić information content (AvgIpc) is 3.21. The lowest BCUT2D eigenvalue weighted by Gasteiger charge is -2.36. The zero-order valence-corrected chi connectivity index (χ0v) is 18.2. The van der Waals surface area contributed by atoms with Crippen LogP contribution in [0.15, 0.2) is 59.1 Å². The first-order chi connectivity index (χ1) is 14.1. The van der Waals surface area contributed by atoms with Gasteiger partial charge in [0.25, 0.3) is 0 Å². The maximum atomic E-state index is 13.9. The normalized spacial score (nSPS) is 15.7. The van der Waals surface area contributed by atoms with E-state index in [0.717, 1.165) is 5.56 Å². The summed E-state index contributed by atoms with van der Waals surface area (Å²) in [7, 11) is 0. The summed E-state index contributed by atoms with van der Waals surface area (Å²) in [5.41, 5.74) is 1.11. The highest BCUT2D eigenvalue weighted by atomic mass is 35.5. The van der Waals surface area contributed by atoms with Gasteiger partial charge < -0.3 is 14.6 Å². The lowest BCUT2D eigenvalue weighted by molar-refractivity contribution is -0.134. The van der Waals surface area contributed by atoms with Crippen LogP contribution in [0.3, 0.4) is 0 Å². The molecule has 31 heavy (non-hydrogen) atoms. The lowest BCUT2D eigenvalue weighted by Crippen LogP contribution is -2.48. The van der Waals surface area contributed by atoms with E-state index < -0.39 is 0 Å². The van der Waals surface area contributed by atoms with Crippen LogP contribution in [-0.4, -0.2) is 35.4 Å². The summed E-state index contributed by atoms with van der Waals surface area (Å²) in [5, 5.41) is 3.26. The van der Waals surface area contributed by atoms with Crippen LogP contribution in [0.4, 0.5) is 8.78 Å². The molecular formula is C22H23Cl2F2N3O2. The first-order valence-corrected chi connectivity index (χ1v) is 9.57. The Morgan fingerprint density at radius 3 is 2.74 bits per heavy atom. The quantitative estimate of drug-likeness (QED) is 0.594. The second-order valence-electron chi connectivity index (χ2n) is 6.96. The molecule has 9 heteroatoms. The Kier molecular flexibility index (Phi) is 8.98. The van der Waals surface area contributed by atoms with Crippen LogP contribution in [0.5, 0.6) is 0 Å². The lowest BCUT2D eigenvalue weighted by atomic mass is 10.0. The molecule has 0 aliphatic carbocycles. The van der Waals surface area contributed by atoms with Gasteiger partial charge in [-0.15, -0.1) is 24.8 Å². The van der Waals surface area contributed by atoms with Crippen molar-refractivity contribution in [1.82, 2.24) is 15.2 Å². The molecular weight excluding hydrogens is 447 g/mol. The number of benzene rings is 2. The van der Waals surface area contributed by atoms with Gasteiger partial charge >= 0.3 is 0 Å². The van der Waals surface area contributed by atoms with Gasteiger partial charge in [-0.3, -0.25) is 4.79 Å². The van der Waals surface area contributed by atoms with Crippen molar-refractivity contribution >= 4 is 30.7 Å². The predicted octanol–water partition coefficient (Wildman–Crippen LogP) is 4.57. The van der Waals surface area contributed by atoms with E-state index in [1.54, 1.807) is 29.2 Å². The number of amides is 1. The van der Waals surface area contributed by atoms with Crippen LogP contribution in [0, 0.1) is 11.6 Å². The average molecular weight is 470 g/mol. The van der Waals surface area contributed by atoms with Crippen LogP contribution in [0.25, 0.3) is 11.3 Å². The van der Waals surface area contributed by atoms with Crippen molar-refractivity contribution in [3.63, 3.8) is 0 Å². The van der Waals surface area contributed by atoms with Gasteiger partial charge in [0, 0.05) is 32.5 Å². The molecule has 1 aliphatic heterocycles. The second-order valence-corrected chi connectivity index (χ2v) is 6.96. The highest BCUT2D eigenvalue weighted by Gasteiger charge is 2.28. The molecule has 1 aliphatic rings. The zero-order valence-electron chi connectivity index (χ0n) is 16.6. The molecule has 5 nitrogen and oxygen atoms in total. The minimum atomic E-state index is -0.384. The number of nitrogens with one attached hydrogen (secondary N) is 1. The number of aryl methyl sites for hydroxylation is 1. The maximum absolute atomic E-state index is 13.9. The van der Waals surface area contributed by atoms with E-state index >= 15 is 0 Å². The van der Waals surface area contributed by atoms with Gasteiger partial charge in [-0.05, 0) is 29.8 Å². The number of hydrogen-bond acceptors (Lipinski definition) is 4. The summed E-state index contributed by atoms with van der Waals surface area (Å²) in [6.45, 7) is 1.81. The Labute approximate surface area is 191 Å². The van der Waals surface area contributed by atoms with Crippen LogP contribution in [0.1, 0.15) is 23.9 Å². The molecule has 1 atom stereocenters. The third-order valence-electron chi connectivity index (χ3n) is 5.04. The fourth-order valence-electron chi connectivity index (χ4n) is 3.58. The summed E-state index contributed by atoms with van der Waals surface area (Å²) in [5.74, 6) is -0.0308. The number of piperazine rings is 1. The Bertz CT molecular complexity index is 1020. The standard InChI is InChI=1S/C22H21F2N3O2.2ClH/c23-16-5-3-4-15(12-16)19-13-25-10-11-27(19)22(28)9-8-21-26-14-20(29-21)17-6-1-2-7-18(17)24;;/h1-7,12,14,19,25H,8-11,13H2;2*1H. The smallest absolute Gasteiger partial charge is 0.223 e. The summed E-state index contributed by atoms with van der Waals surface area (Å²) >= 11 is 0. The molecule has 2 aromatic carbocycles. The fourth-order valence-corrected chi connectivity index (χ4v) is 3.58. The number of aromatic nitrogens is 1. The van der Waals surface area contributed by atoms with E-state index in [-0.39, 0.29) is 54.8 Å². The number of nitrogens with zero attached hydrogens (tertiary/aromatic N) is 2. The van der Waals surface area contributed by atoms with Gasteiger partial charge in [0.15, 0.2) is 11.7 Å². The van der Waals surface area contributed by atoms with Crippen LogP contribution in [-0.2, 0) is 11.2 Å². The van der Waals surface area contributed by atoms with Crippen molar-refractivity contribution < 1.29 is 18.0 Å². The highest BCUT2D eigenvalue weighted by molar-refractivity contribution is 5.85. The molecule has 0 radical (unpaired) electrons. The van der Waals surface area contributed by atoms with Gasteiger partial charge in [-0.1, -0.05) is 24.3 Å². The van der Waals surface area contributed by atoms with E-state index in [4.69, 9.17) is 4.42 Å². The molecule has 4 rings (SSSR count). The molecule has 166 valence electrons. The molecule has 0 spiro atoms. The second kappa shape index (κ2) is 11.2. The number of oxazole rings is 1. The third-order valence-corrected chi connectivity index (χ3v) is 5.04. The van der Waals surface area contributed by atoms with Gasteiger partial charge in [-0.2, -0.15) is 0 Å². The minimum Gasteiger partial charge on any atom is -0.441 e. The number of rotatable bonds is 5. The summed E-state index contributed by atoms with van der Waals surface area (Å²) in [4.78, 5) is 18.8. The van der Waals surface area contributed by atoms with E-state index in [1.807, 2.05) is 6.07 Å². The fraction of sp³-hybridized carbons (Fsp3) is 0.273. The molecule has 1 fully saturated rings. The molecule has 1 amide bonds. The van der Waals surface area contributed by atoms with E-state index in [2.05, 4.69) is 10.3 Å². The Hall–Kier alpha value is -2.48. The molecule has 2 heterocycles. The molecule has 1 N–H and O–H groups in total. The van der Waals surface area contributed by atoms with E-state index in [0.29, 0.717) is 43.3 Å². The number of carbonyl (C=O) groups excluding carboxylic acids is 1. The summed E-state index contributed by atoms with van der Waals surface area (Å²) in [6, 6.07) is 12.4. The Morgan fingerprint density at radius 1 is 1.16 bits per heavy atom. The third kappa shape index (κ3) is 5.81. The van der Waals surface area contributed by atoms with Crippen molar-refractivity contribution in [3.8, 4) is 11.3 Å². The topological polar surface area (TPSA) is 58.4 Å². The highest BCUT2D eigenvalue weighted by Crippen LogP contribution is 2.26. The van der Waals surface area contributed by atoms with Crippen LogP contribution < -0.4 is 5.32 Å². The monoisotopic (exact) mass is 469 g/mol. The molecule has 1 saturated heterocycles. The number of hydrogen-bond donors (Lipinski definition) is 1. The minimum absolute atomic E-state index is 0. The SMILES string of the molecule is Cl.Cl.O=C(CCc1ncc(-c2ccccc2F)o1)N1CCNCC1c1cccc(F)c1. The number of halogens is 4. The van der Waals surface area contributed by atoms with Crippen molar-refractivity contribution in [1.29, 1.82) is 0 Å². The predicted molar refractivity (Wildman–Crippen MR) is 118 cm³/mol. The van der Waals surface area contributed by atoms with Crippen LogP contribution in [0.2, 0.25) is 0 Å². The molecule has 0 saturated carbocycles. The first kappa shape index (κ1) is 24.8. The molecule has 0 bridgehead atoms. The number of carbonyl (C=O) groups is 1. The van der Waals surface area contributed by atoms with Gasteiger partial charge in [0.05, 0.1) is 17.8 Å². The molecule has 1 aromatic heterocycles. The van der Waals surface area contributed by atoms with E-state index in [1.165, 1.54) is 24.4 Å².